The molecule has 1 aromatic carbocycles. The largest absolute Gasteiger partial charge is 0.480 e. The molecule has 0 saturated carbocycles. The molecule has 0 radical (unpaired) electrons. The first kappa shape index (κ1) is 16.1. The second-order valence-corrected chi connectivity index (χ2v) is 5.86. The highest BCUT2D eigenvalue weighted by molar-refractivity contribution is 9.10. The molecule has 0 saturated heterocycles. The van der Waals surface area contributed by atoms with Crippen molar-refractivity contribution in [1.82, 2.24) is 9.80 Å². The van der Waals surface area contributed by atoms with Crippen molar-refractivity contribution in [3.63, 3.8) is 0 Å². The van der Waals surface area contributed by atoms with Gasteiger partial charge in [0.1, 0.15) is 0 Å². The molecule has 0 aliphatic rings. The van der Waals surface area contributed by atoms with Crippen LogP contribution < -0.4 is 0 Å². The number of rotatable bonds is 7. The molecule has 1 rings (SSSR count). The van der Waals surface area contributed by atoms with Crippen LogP contribution in [0.25, 0.3) is 0 Å². The van der Waals surface area contributed by atoms with E-state index >= 15 is 0 Å². The summed E-state index contributed by atoms with van der Waals surface area (Å²) in [6.07, 6.45) is 0. The van der Waals surface area contributed by atoms with Gasteiger partial charge in [0.05, 0.1) is 6.54 Å². The first-order chi connectivity index (χ1) is 8.88. The van der Waals surface area contributed by atoms with Gasteiger partial charge in [-0.15, -0.1) is 0 Å². The van der Waals surface area contributed by atoms with Crippen LogP contribution in [0.1, 0.15) is 11.1 Å². The van der Waals surface area contributed by atoms with Crippen molar-refractivity contribution >= 4 is 21.9 Å². The molecule has 0 heterocycles. The Labute approximate surface area is 123 Å². The van der Waals surface area contributed by atoms with Crippen LogP contribution in [0.4, 0.5) is 0 Å². The molecule has 19 heavy (non-hydrogen) atoms. The van der Waals surface area contributed by atoms with E-state index in [1.165, 1.54) is 5.56 Å². The molecule has 106 valence electrons. The third-order valence-corrected chi connectivity index (χ3v) is 3.56. The SMILES string of the molecule is Cc1ccc(CN(CCN(C)C)CC(=O)O)c(Br)c1. The zero-order chi connectivity index (χ0) is 14.4. The molecule has 0 spiro atoms. The number of nitrogens with zero attached hydrogens (tertiary/aromatic N) is 2. The average molecular weight is 329 g/mol. The van der Waals surface area contributed by atoms with Crippen LogP contribution >= 0.6 is 15.9 Å². The Bertz CT molecular complexity index is 435. The monoisotopic (exact) mass is 328 g/mol. The minimum atomic E-state index is -0.790. The van der Waals surface area contributed by atoms with Crippen molar-refractivity contribution in [2.75, 3.05) is 33.7 Å². The summed E-state index contributed by atoms with van der Waals surface area (Å²) in [5, 5.41) is 8.97. The Hall–Kier alpha value is -0.910. The molecular formula is C14H21BrN2O2. The second kappa shape index (κ2) is 7.62. The van der Waals surface area contributed by atoms with Gasteiger partial charge < -0.3 is 10.0 Å². The van der Waals surface area contributed by atoms with Crippen LogP contribution in [0, 0.1) is 6.92 Å². The molecule has 0 aliphatic carbocycles. The predicted octanol–water partition coefficient (Wildman–Crippen LogP) is 2.21. The Balaban J connectivity index is 2.72. The van der Waals surface area contributed by atoms with Gasteiger partial charge in [0, 0.05) is 24.1 Å². The van der Waals surface area contributed by atoms with Crippen molar-refractivity contribution in [2.24, 2.45) is 0 Å². The first-order valence-electron chi connectivity index (χ1n) is 6.22. The fourth-order valence-corrected chi connectivity index (χ4v) is 2.39. The quantitative estimate of drug-likeness (QED) is 0.833. The van der Waals surface area contributed by atoms with Crippen molar-refractivity contribution in [1.29, 1.82) is 0 Å². The van der Waals surface area contributed by atoms with Crippen molar-refractivity contribution in [3.8, 4) is 0 Å². The third kappa shape index (κ3) is 6.18. The van der Waals surface area contributed by atoms with E-state index in [-0.39, 0.29) is 6.54 Å². The summed E-state index contributed by atoms with van der Waals surface area (Å²) in [7, 11) is 3.97. The smallest absolute Gasteiger partial charge is 0.317 e. The third-order valence-electron chi connectivity index (χ3n) is 2.82. The van der Waals surface area contributed by atoms with Gasteiger partial charge in [-0.25, -0.2) is 0 Å². The van der Waals surface area contributed by atoms with E-state index in [1.54, 1.807) is 0 Å². The van der Waals surface area contributed by atoms with E-state index in [9.17, 15) is 4.79 Å². The van der Waals surface area contributed by atoms with Crippen molar-refractivity contribution in [2.45, 2.75) is 13.5 Å². The number of aryl methyl sites for hydroxylation is 1. The average Bonchev–Trinajstić information content (AvgIpc) is 2.28. The maximum Gasteiger partial charge on any atom is 0.317 e. The molecule has 0 atom stereocenters. The van der Waals surface area contributed by atoms with Gasteiger partial charge in [0.2, 0.25) is 0 Å². The summed E-state index contributed by atoms with van der Waals surface area (Å²) >= 11 is 3.54. The van der Waals surface area contributed by atoms with Crippen LogP contribution in [0.2, 0.25) is 0 Å². The highest BCUT2D eigenvalue weighted by atomic mass is 79.9. The first-order valence-corrected chi connectivity index (χ1v) is 7.01. The summed E-state index contributed by atoms with van der Waals surface area (Å²) in [4.78, 5) is 14.9. The fraction of sp³-hybridized carbons (Fsp3) is 0.500. The molecule has 1 N–H and O–H groups in total. The van der Waals surface area contributed by atoms with Gasteiger partial charge in [-0.1, -0.05) is 28.1 Å². The molecular weight excluding hydrogens is 308 g/mol. The number of hydrogen-bond acceptors (Lipinski definition) is 3. The van der Waals surface area contributed by atoms with Crippen LogP contribution in [-0.2, 0) is 11.3 Å². The molecule has 0 bridgehead atoms. The highest BCUT2D eigenvalue weighted by Gasteiger charge is 2.12. The molecule has 5 heteroatoms. The van der Waals surface area contributed by atoms with Crippen LogP contribution in [0.5, 0.6) is 0 Å². The number of carbonyl (C=O) groups is 1. The van der Waals surface area contributed by atoms with Gasteiger partial charge >= 0.3 is 5.97 Å². The number of carboxylic acid groups (broad SMARTS) is 1. The summed E-state index contributed by atoms with van der Waals surface area (Å²) in [5.74, 6) is -0.790. The maximum absolute atomic E-state index is 10.9. The van der Waals surface area contributed by atoms with Gasteiger partial charge in [-0.05, 0) is 38.2 Å². The van der Waals surface area contributed by atoms with Crippen LogP contribution in [-0.4, -0.2) is 54.6 Å². The standard InChI is InChI=1S/C14H21BrN2O2/c1-11-4-5-12(13(15)8-11)9-17(10-14(18)19)7-6-16(2)3/h4-5,8H,6-7,9-10H2,1-3H3,(H,18,19). The van der Waals surface area contributed by atoms with E-state index in [0.29, 0.717) is 6.54 Å². The Morgan fingerprint density at radius 3 is 2.53 bits per heavy atom. The zero-order valence-electron chi connectivity index (χ0n) is 11.7. The predicted molar refractivity (Wildman–Crippen MR) is 80.3 cm³/mol. The van der Waals surface area contributed by atoms with Crippen molar-refractivity contribution < 1.29 is 9.90 Å². The van der Waals surface area contributed by atoms with Crippen molar-refractivity contribution in [3.05, 3.63) is 33.8 Å². The Morgan fingerprint density at radius 1 is 1.32 bits per heavy atom. The van der Waals surface area contributed by atoms with E-state index < -0.39 is 5.97 Å². The van der Waals surface area contributed by atoms with Gasteiger partial charge in [-0.3, -0.25) is 9.69 Å². The minimum absolute atomic E-state index is 0.0636. The molecule has 0 aromatic heterocycles. The molecule has 0 unspecified atom stereocenters. The maximum atomic E-state index is 10.9. The summed E-state index contributed by atoms with van der Waals surface area (Å²) in [6, 6.07) is 6.15. The van der Waals surface area contributed by atoms with Gasteiger partial charge in [-0.2, -0.15) is 0 Å². The molecule has 4 nitrogen and oxygen atoms in total. The summed E-state index contributed by atoms with van der Waals surface area (Å²) in [5.41, 5.74) is 2.30. The lowest BCUT2D eigenvalue weighted by Crippen LogP contribution is -2.35. The van der Waals surface area contributed by atoms with E-state index in [2.05, 4.69) is 26.9 Å². The van der Waals surface area contributed by atoms with Gasteiger partial charge in [0.15, 0.2) is 0 Å². The molecule has 0 amide bonds. The lowest BCUT2D eigenvalue weighted by Gasteiger charge is -2.23. The summed E-state index contributed by atoms with van der Waals surface area (Å²) < 4.78 is 1.03. The second-order valence-electron chi connectivity index (χ2n) is 5.00. The Kier molecular flexibility index (Phi) is 6.48. The van der Waals surface area contributed by atoms with Crippen LogP contribution in [0.15, 0.2) is 22.7 Å². The molecule has 0 fully saturated rings. The lowest BCUT2D eigenvalue weighted by atomic mass is 10.1. The fourth-order valence-electron chi connectivity index (χ4n) is 1.77. The van der Waals surface area contributed by atoms with E-state index in [4.69, 9.17) is 5.11 Å². The summed E-state index contributed by atoms with van der Waals surface area (Å²) in [6.45, 7) is 4.32. The van der Waals surface area contributed by atoms with E-state index in [0.717, 1.165) is 23.1 Å². The lowest BCUT2D eigenvalue weighted by molar-refractivity contribution is -0.138. The number of likely N-dealkylation sites (N-methyl/N-ethyl adjacent to an activating group) is 1. The minimum Gasteiger partial charge on any atom is -0.480 e. The van der Waals surface area contributed by atoms with Gasteiger partial charge in [0.25, 0.3) is 0 Å². The van der Waals surface area contributed by atoms with E-state index in [1.807, 2.05) is 38.1 Å². The number of halogens is 1. The Morgan fingerprint density at radius 2 is 2.00 bits per heavy atom. The number of benzene rings is 1. The zero-order valence-corrected chi connectivity index (χ0v) is 13.3. The normalized spacial score (nSPS) is 11.3. The molecule has 1 aromatic rings. The number of hydrogen-bond donors (Lipinski definition) is 1. The number of carboxylic acids is 1. The topological polar surface area (TPSA) is 43.8 Å². The number of aliphatic carboxylic acids is 1. The highest BCUT2D eigenvalue weighted by Crippen LogP contribution is 2.19. The molecule has 0 aliphatic heterocycles. The van der Waals surface area contributed by atoms with Crippen LogP contribution in [0.3, 0.4) is 0 Å².